The first kappa shape index (κ1) is 14.4. The number of anilines is 1. The van der Waals surface area contributed by atoms with Gasteiger partial charge in [0.1, 0.15) is 11.6 Å². The van der Waals surface area contributed by atoms with Crippen molar-refractivity contribution in [2.24, 2.45) is 0 Å². The molecule has 1 aliphatic rings. The van der Waals surface area contributed by atoms with E-state index in [0.29, 0.717) is 12.4 Å². The van der Waals surface area contributed by atoms with Gasteiger partial charge in [-0.25, -0.2) is 0 Å². The minimum atomic E-state index is -0.385. The summed E-state index contributed by atoms with van der Waals surface area (Å²) in [5, 5.41) is 11.8. The molecule has 20 heavy (non-hydrogen) atoms. The van der Waals surface area contributed by atoms with Gasteiger partial charge in [-0.1, -0.05) is 18.2 Å². The molecule has 0 saturated heterocycles. The molecule has 1 heterocycles. The first-order valence-electron chi connectivity index (χ1n) is 6.49. The summed E-state index contributed by atoms with van der Waals surface area (Å²) < 4.78 is 0. The molecule has 0 bridgehead atoms. The Morgan fingerprint density at radius 3 is 3.05 bits per heavy atom. The highest BCUT2D eigenvalue weighted by molar-refractivity contribution is 6.18. The quantitative estimate of drug-likeness (QED) is 0.525. The second kappa shape index (κ2) is 6.44. The van der Waals surface area contributed by atoms with E-state index in [9.17, 15) is 4.79 Å². The zero-order chi connectivity index (χ0) is 14.5. The molecule has 1 aromatic rings. The molecule has 0 aliphatic carbocycles. The van der Waals surface area contributed by atoms with Gasteiger partial charge < -0.3 is 10.2 Å². The third kappa shape index (κ3) is 2.94. The molecule has 0 aromatic heterocycles. The number of rotatable bonds is 4. The first-order valence-corrected chi connectivity index (χ1v) is 7.03. The largest absolute Gasteiger partial charge is 0.350 e. The fourth-order valence-corrected chi connectivity index (χ4v) is 2.41. The number of alkyl halides is 1. The Balaban J connectivity index is 2.24. The fourth-order valence-electron chi connectivity index (χ4n) is 2.32. The van der Waals surface area contributed by atoms with Crippen LogP contribution < -0.4 is 10.2 Å². The first-order chi connectivity index (χ1) is 9.67. The number of carbonyl (C=O) groups excluding carboxylic acids is 1. The Kier molecular flexibility index (Phi) is 4.65. The van der Waals surface area contributed by atoms with Crippen molar-refractivity contribution in [3.05, 3.63) is 41.6 Å². The Bertz CT molecular complexity index is 577. The number of hydrogen-bond acceptors (Lipinski definition) is 3. The van der Waals surface area contributed by atoms with Crippen molar-refractivity contribution in [3.8, 4) is 6.07 Å². The van der Waals surface area contributed by atoms with E-state index in [-0.39, 0.29) is 17.5 Å². The molecule has 2 rings (SSSR count). The smallest absolute Gasteiger partial charge is 0.263 e. The van der Waals surface area contributed by atoms with Crippen molar-refractivity contribution in [3.63, 3.8) is 0 Å². The van der Waals surface area contributed by atoms with Crippen LogP contribution in [0.3, 0.4) is 0 Å². The number of carbonyl (C=O) groups is 1. The van der Waals surface area contributed by atoms with Crippen LogP contribution in [0.1, 0.15) is 12.5 Å². The number of benzene rings is 1. The standard InChI is InChI=1S/C15H16ClN3O/c1-11-8-12-4-2-3-5-14(12)19(11)10-13(9-17)15(20)18-7-6-16/h2-5,10-11H,6-8H2,1H3,(H,18,20)/b13-10-. The van der Waals surface area contributed by atoms with Gasteiger partial charge in [-0.3, -0.25) is 4.79 Å². The highest BCUT2D eigenvalue weighted by Crippen LogP contribution is 2.32. The molecule has 1 N–H and O–H groups in total. The lowest BCUT2D eigenvalue weighted by Gasteiger charge is -2.20. The maximum Gasteiger partial charge on any atom is 0.263 e. The van der Waals surface area contributed by atoms with E-state index in [0.717, 1.165) is 12.1 Å². The van der Waals surface area contributed by atoms with Crippen LogP contribution in [-0.2, 0) is 11.2 Å². The summed E-state index contributed by atoms with van der Waals surface area (Å²) in [4.78, 5) is 13.8. The van der Waals surface area contributed by atoms with E-state index in [1.807, 2.05) is 29.2 Å². The lowest BCUT2D eigenvalue weighted by molar-refractivity contribution is -0.117. The molecule has 0 radical (unpaired) electrons. The molecular weight excluding hydrogens is 274 g/mol. The maximum absolute atomic E-state index is 11.9. The van der Waals surface area contributed by atoms with Gasteiger partial charge in [0.15, 0.2) is 0 Å². The van der Waals surface area contributed by atoms with Crippen molar-refractivity contribution in [2.75, 3.05) is 17.3 Å². The van der Waals surface area contributed by atoms with Gasteiger partial charge in [0, 0.05) is 30.4 Å². The molecule has 1 aliphatic heterocycles. The summed E-state index contributed by atoms with van der Waals surface area (Å²) in [5.41, 5.74) is 2.38. The summed E-state index contributed by atoms with van der Waals surface area (Å²) >= 11 is 5.53. The minimum Gasteiger partial charge on any atom is -0.350 e. The highest BCUT2D eigenvalue weighted by Gasteiger charge is 2.25. The highest BCUT2D eigenvalue weighted by atomic mass is 35.5. The van der Waals surface area contributed by atoms with Gasteiger partial charge in [-0.05, 0) is 25.0 Å². The topological polar surface area (TPSA) is 56.1 Å². The summed E-state index contributed by atoms with van der Waals surface area (Å²) in [5.74, 6) is -0.0577. The summed E-state index contributed by atoms with van der Waals surface area (Å²) in [6, 6.07) is 10.2. The van der Waals surface area contributed by atoms with Crippen molar-refractivity contribution < 1.29 is 4.79 Å². The average molecular weight is 290 g/mol. The van der Waals surface area contributed by atoms with Crippen molar-refractivity contribution in [1.29, 1.82) is 5.26 Å². The van der Waals surface area contributed by atoms with Crippen LogP contribution in [0.25, 0.3) is 0 Å². The normalized spacial score (nSPS) is 17.6. The molecule has 104 valence electrons. The Morgan fingerprint density at radius 2 is 2.35 bits per heavy atom. The van der Waals surface area contributed by atoms with E-state index < -0.39 is 0 Å². The van der Waals surface area contributed by atoms with Crippen LogP contribution in [0.2, 0.25) is 0 Å². The number of nitrogens with one attached hydrogen (secondary N) is 1. The van der Waals surface area contributed by atoms with Crippen molar-refractivity contribution in [1.82, 2.24) is 5.32 Å². The van der Waals surface area contributed by atoms with Gasteiger partial charge >= 0.3 is 0 Å². The van der Waals surface area contributed by atoms with Gasteiger partial charge in [-0.2, -0.15) is 5.26 Å². The van der Waals surface area contributed by atoms with Crippen LogP contribution in [0.4, 0.5) is 5.69 Å². The van der Waals surface area contributed by atoms with E-state index in [1.54, 1.807) is 6.20 Å². The number of nitriles is 1. The summed E-state index contributed by atoms with van der Waals surface area (Å²) in [6.45, 7) is 2.42. The number of nitrogens with zero attached hydrogens (tertiary/aromatic N) is 2. The van der Waals surface area contributed by atoms with Gasteiger partial charge in [0.25, 0.3) is 5.91 Å². The molecule has 1 amide bonds. The predicted molar refractivity (Wildman–Crippen MR) is 79.5 cm³/mol. The van der Waals surface area contributed by atoms with Gasteiger partial charge in [0.2, 0.25) is 0 Å². The molecular formula is C15H16ClN3O. The third-order valence-electron chi connectivity index (χ3n) is 3.27. The van der Waals surface area contributed by atoms with E-state index >= 15 is 0 Å². The second-order valence-electron chi connectivity index (χ2n) is 4.69. The molecule has 5 heteroatoms. The molecule has 0 saturated carbocycles. The van der Waals surface area contributed by atoms with E-state index in [2.05, 4.69) is 18.3 Å². The van der Waals surface area contributed by atoms with Gasteiger partial charge in [0.05, 0.1) is 0 Å². The van der Waals surface area contributed by atoms with Crippen LogP contribution >= 0.6 is 11.6 Å². The van der Waals surface area contributed by atoms with Crippen molar-refractivity contribution in [2.45, 2.75) is 19.4 Å². The average Bonchev–Trinajstić information content (AvgIpc) is 2.77. The zero-order valence-electron chi connectivity index (χ0n) is 11.3. The summed E-state index contributed by atoms with van der Waals surface area (Å²) in [7, 11) is 0. The third-order valence-corrected chi connectivity index (χ3v) is 3.46. The molecule has 1 aromatic carbocycles. The van der Waals surface area contributed by atoms with Gasteiger partial charge in [-0.15, -0.1) is 11.6 Å². The maximum atomic E-state index is 11.9. The number of hydrogen-bond donors (Lipinski definition) is 1. The van der Waals surface area contributed by atoms with E-state index in [4.69, 9.17) is 16.9 Å². The van der Waals surface area contributed by atoms with E-state index in [1.165, 1.54) is 5.56 Å². The lowest BCUT2D eigenvalue weighted by atomic mass is 10.1. The monoisotopic (exact) mass is 289 g/mol. The number of para-hydroxylation sites is 1. The Labute approximate surface area is 123 Å². The molecule has 4 nitrogen and oxygen atoms in total. The number of amides is 1. The van der Waals surface area contributed by atoms with Crippen molar-refractivity contribution >= 4 is 23.2 Å². The lowest BCUT2D eigenvalue weighted by Crippen LogP contribution is -2.29. The van der Waals surface area contributed by atoms with Crippen LogP contribution in [-0.4, -0.2) is 24.4 Å². The van der Waals surface area contributed by atoms with Crippen LogP contribution in [0.5, 0.6) is 0 Å². The molecule has 1 unspecified atom stereocenters. The second-order valence-corrected chi connectivity index (χ2v) is 5.07. The predicted octanol–water partition coefficient (Wildman–Crippen LogP) is 2.20. The molecule has 0 fully saturated rings. The Morgan fingerprint density at radius 1 is 1.60 bits per heavy atom. The molecule has 1 atom stereocenters. The zero-order valence-corrected chi connectivity index (χ0v) is 12.0. The van der Waals surface area contributed by atoms with Crippen LogP contribution in [0, 0.1) is 11.3 Å². The number of fused-ring (bicyclic) bond motifs is 1. The SMILES string of the molecule is CC1Cc2ccccc2N1/C=C(/C#N)C(=O)NCCCl. The fraction of sp³-hybridized carbons (Fsp3) is 0.333. The number of halogens is 1. The molecule has 0 spiro atoms. The van der Waals surface area contributed by atoms with Crippen LogP contribution in [0.15, 0.2) is 36.0 Å². The summed E-state index contributed by atoms with van der Waals surface area (Å²) in [6.07, 6.45) is 2.54. The Hall–Kier alpha value is -1.99. The minimum absolute atomic E-state index is 0.0960.